The summed E-state index contributed by atoms with van der Waals surface area (Å²) >= 11 is 0. The number of carbonyl (C=O) groups is 4. The van der Waals surface area contributed by atoms with Crippen molar-refractivity contribution in [3.8, 4) is 0 Å². The molecule has 0 aliphatic heterocycles. The molecule has 0 amide bonds. The number of hydrogen-bond acceptors (Lipinski definition) is 6. The molecular formula is C32H48O6. The normalized spacial score (nSPS) is 24.5. The second kappa shape index (κ2) is 15.0. The Labute approximate surface area is 228 Å². The van der Waals surface area contributed by atoms with Gasteiger partial charge in [0.25, 0.3) is 0 Å². The SMILES string of the molecule is O=C(/C=C/C(=O)OC(C(=O)C1CCCCC1)C1CCCCC1)OC(C(=O)C1CCCCC1)C1CCCCC1. The van der Waals surface area contributed by atoms with Crippen LogP contribution in [-0.4, -0.2) is 35.7 Å². The van der Waals surface area contributed by atoms with E-state index in [4.69, 9.17) is 9.47 Å². The van der Waals surface area contributed by atoms with Gasteiger partial charge >= 0.3 is 11.9 Å². The van der Waals surface area contributed by atoms with Crippen molar-refractivity contribution in [1.29, 1.82) is 0 Å². The molecule has 38 heavy (non-hydrogen) atoms. The molecule has 2 unspecified atom stereocenters. The summed E-state index contributed by atoms with van der Waals surface area (Å²) in [5, 5.41) is 0. The van der Waals surface area contributed by atoms with Gasteiger partial charge in [0.2, 0.25) is 0 Å². The summed E-state index contributed by atoms with van der Waals surface area (Å²) in [6.45, 7) is 0. The van der Waals surface area contributed by atoms with Gasteiger partial charge in [-0.25, -0.2) is 9.59 Å². The third-order valence-corrected chi connectivity index (χ3v) is 9.57. The van der Waals surface area contributed by atoms with Gasteiger partial charge in [-0.05, 0) is 51.4 Å². The topological polar surface area (TPSA) is 86.7 Å². The predicted molar refractivity (Wildman–Crippen MR) is 145 cm³/mol. The second-order valence-corrected chi connectivity index (χ2v) is 12.3. The highest BCUT2D eigenvalue weighted by atomic mass is 16.6. The Morgan fingerprint density at radius 2 is 0.737 bits per heavy atom. The Morgan fingerprint density at radius 3 is 1.05 bits per heavy atom. The highest BCUT2D eigenvalue weighted by Crippen LogP contribution is 2.35. The molecule has 212 valence electrons. The van der Waals surface area contributed by atoms with Crippen molar-refractivity contribution < 1.29 is 28.7 Å². The first-order valence-corrected chi connectivity index (χ1v) is 15.7. The van der Waals surface area contributed by atoms with Gasteiger partial charge in [0.1, 0.15) is 0 Å². The van der Waals surface area contributed by atoms with Crippen molar-refractivity contribution in [1.82, 2.24) is 0 Å². The Bertz CT molecular complexity index is 755. The molecule has 6 heteroatoms. The lowest BCUT2D eigenvalue weighted by Gasteiger charge is -2.32. The van der Waals surface area contributed by atoms with E-state index >= 15 is 0 Å². The lowest BCUT2D eigenvalue weighted by Crippen LogP contribution is -2.40. The number of ketones is 2. The number of hydrogen-bond donors (Lipinski definition) is 0. The lowest BCUT2D eigenvalue weighted by atomic mass is 9.77. The maximum atomic E-state index is 13.4. The molecular weight excluding hydrogens is 480 g/mol. The van der Waals surface area contributed by atoms with E-state index in [1.807, 2.05) is 0 Å². The van der Waals surface area contributed by atoms with E-state index in [1.54, 1.807) is 0 Å². The van der Waals surface area contributed by atoms with E-state index in [1.165, 1.54) is 0 Å². The molecule has 4 fully saturated rings. The van der Waals surface area contributed by atoms with E-state index in [0.29, 0.717) is 0 Å². The highest BCUT2D eigenvalue weighted by molar-refractivity contribution is 5.95. The van der Waals surface area contributed by atoms with Gasteiger partial charge in [-0.15, -0.1) is 0 Å². The Hall–Kier alpha value is -1.98. The van der Waals surface area contributed by atoms with Crippen molar-refractivity contribution in [2.75, 3.05) is 0 Å². The molecule has 0 bridgehead atoms. The van der Waals surface area contributed by atoms with Crippen LogP contribution in [0.15, 0.2) is 12.2 Å². The Balaban J connectivity index is 1.37. The van der Waals surface area contributed by atoms with E-state index in [9.17, 15) is 19.2 Å². The average molecular weight is 529 g/mol. The van der Waals surface area contributed by atoms with Crippen molar-refractivity contribution in [2.45, 2.75) is 141 Å². The van der Waals surface area contributed by atoms with E-state index < -0.39 is 24.1 Å². The summed E-state index contributed by atoms with van der Waals surface area (Å²) in [5.41, 5.74) is 0. The van der Waals surface area contributed by atoms with Crippen LogP contribution >= 0.6 is 0 Å². The molecule has 0 aromatic heterocycles. The largest absolute Gasteiger partial charge is 0.451 e. The van der Waals surface area contributed by atoms with Gasteiger partial charge in [-0.3, -0.25) is 9.59 Å². The fourth-order valence-corrected chi connectivity index (χ4v) is 7.35. The molecule has 0 N–H and O–H groups in total. The first kappa shape index (κ1) is 29.0. The van der Waals surface area contributed by atoms with Gasteiger partial charge in [0.05, 0.1) is 0 Å². The molecule has 6 nitrogen and oxygen atoms in total. The minimum atomic E-state index is -0.727. The minimum Gasteiger partial charge on any atom is -0.451 e. The van der Waals surface area contributed by atoms with Crippen LogP contribution in [0.2, 0.25) is 0 Å². The highest BCUT2D eigenvalue weighted by Gasteiger charge is 2.38. The smallest absolute Gasteiger partial charge is 0.331 e. The van der Waals surface area contributed by atoms with Gasteiger partial charge in [0.15, 0.2) is 23.8 Å². The molecule has 2 atom stereocenters. The Morgan fingerprint density at radius 1 is 0.447 bits per heavy atom. The standard InChI is InChI=1S/C32H48O6/c33-27(37-31(25-17-9-3-10-18-25)29(35)23-13-5-1-6-14-23)21-22-28(34)38-32(26-19-11-4-12-20-26)30(36)24-15-7-2-8-16-24/h21-26,31-32H,1-20H2/b22-21+. The maximum absolute atomic E-state index is 13.4. The number of carbonyl (C=O) groups excluding carboxylic acids is 4. The summed E-state index contributed by atoms with van der Waals surface area (Å²) < 4.78 is 11.5. The summed E-state index contributed by atoms with van der Waals surface area (Å²) in [6.07, 6.45) is 20.9. The zero-order chi connectivity index (χ0) is 26.7. The molecule has 4 rings (SSSR count). The van der Waals surface area contributed by atoms with Crippen LogP contribution in [0.1, 0.15) is 128 Å². The molecule has 4 aliphatic rings. The van der Waals surface area contributed by atoms with Crippen LogP contribution < -0.4 is 0 Å². The molecule has 0 aromatic rings. The summed E-state index contributed by atoms with van der Waals surface area (Å²) in [7, 11) is 0. The van der Waals surface area contributed by atoms with Crippen LogP contribution in [0, 0.1) is 23.7 Å². The maximum Gasteiger partial charge on any atom is 0.331 e. The van der Waals surface area contributed by atoms with Gasteiger partial charge < -0.3 is 9.47 Å². The van der Waals surface area contributed by atoms with Gasteiger partial charge in [-0.1, -0.05) is 77.0 Å². The van der Waals surface area contributed by atoms with E-state index in [-0.39, 0.29) is 35.2 Å². The summed E-state index contributed by atoms with van der Waals surface area (Å²) in [4.78, 5) is 52.4. The van der Waals surface area contributed by atoms with Crippen LogP contribution in [0.5, 0.6) is 0 Å². The first-order chi connectivity index (χ1) is 18.5. The minimum absolute atomic E-state index is 0.0283. The monoisotopic (exact) mass is 528 g/mol. The molecule has 4 saturated carbocycles. The second-order valence-electron chi connectivity index (χ2n) is 12.3. The third kappa shape index (κ3) is 8.26. The number of esters is 2. The fraction of sp³-hybridized carbons (Fsp3) is 0.812. The van der Waals surface area contributed by atoms with Gasteiger partial charge in [0, 0.05) is 35.8 Å². The molecule has 0 heterocycles. The zero-order valence-corrected chi connectivity index (χ0v) is 23.2. The number of ether oxygens (including phenoxy) is 2. The average Bonchev–Trinajstić information content (AvgIpc) is 2.98. The molecule has 0 saturated heterocycles. The lowest BCUT2D eigenvalue weighted by molar-refractivity contribution is -0.158. The van der Waals surface area contributed by atoms with Crippen LogP contribution in [0.25, 0.3) is 0 Å². The number of Topliss-reactive ketones (excluding diaryl/α,β-unsaturated/α-hetero) is 2. The third-order valence-electron chi connectivity index (χ3n) is 9.57. The Kier molecular flexibility index (Phi) is 11.4. The van der Waals surface area contributed by atoms with Crippen molar-refractivity contribution in [2.24, 2.45) is 23.7 Å². The van der Waals surface area contributed by atoms with Crippen LogP contribution in [0.4, 0.5) is 0 Å². The predicted octanol–water partition coefficient (Wildman–Crippen LogP) is 6.83. The van der Waals surface area contributed by atoms with E-state index in [2.05, 4.69) is 0 Å². The molecule has 0 spiro atoms. The van der Waals surface area contributed by atoms with E-state index in [0.717, 1.165) is 141 Å². The molecule has 0 radical (unpaired) electrons. The number of rotatable bonds is 10. The van der Waals surface area contributed by atoms with Crippen molar-refractivity contribution in [3.63, 3.8) is 0 Å². The summed E-state index contributed by atoms with van der Waals surface area (Å²) in [6, 6.07) is 0. The van der Waals surface area contributed by atoms with Crippen LogP contribution in [-0.2, 0) is 28.7 Å². The fourth-order valence-electron chi connectivity index (χ4n) is 7.35. The van der Waals surface area contributed by atoms with Crippen molar-refractivity contribution in [3.05, 3.63) is 12.2 Å². The van der Waals surface area contributed by atoms with Gasteiger partial charge in [-0.2, -0.15) is 0 Å². The summed E-state index contributed by atoms with van der Waals surface area (Å²) in [5.74, 6) is -1.15. The molecule has 4 aliphatic carbocycles. The van der Waals surface area contributed by atoms with Crippen LogP contribution in [0.3, 0.4) is 0 Å². The zero-order valence-electron chi connectivity index (χ0n) is 23.2. The first-order valence-electron chi connectivity index (χ1n) is 15.7. The quantitative estimate of drug-likeness (QED) is 0.228. The van der Waals surface area contributed by atoms with Crippen molar-refractivity contribution >= 4 is 23.5 Å². The molecule has 0 aromatic carbocycles.